The van der Waals surface area contributed by atoms with Crippen LogP contribution in [0, 0.1) is 5.41 Å². The van der Waals surface area contributed by atoms with E-state index >= 15 is 0 Å². The lowest BCUT2D eigenvalue weighted by molar-refractivity contribution is -0.124. The van der Waals surface area contributed by atoms with Crippen molar-refractivity contribution in [3.63, 3.8) is 0 Å². The van der Waals surface area contributed by atoms with E-state index in [0.29, 0.717) is 11.7 Å². The maximum atomic E-state index is 12.0. The van der Waals surface area contributed by atoms with Gasteiger partial charge in [-0.1, -0.05) is 38.6 Å². The Balaban J connectivity index is 2.26. The molecule has 1 amide bonds. The number of carbonyl (C=O) groups is 1. The molecule has 2 fully saturated rings. The fourth-order valence-corrected chi connectivity index (χ4v) is 6.20. The Bertz CT molecular complexity index is 561. The molecule has 2 unspecified atom stereocenters. The van der Waals surface area contributed by atoms with Gasteiger partial charge in [0, 0.05) is 17.2 Å². The number of carbonyl (C=O) groups excluding carboxylic acids is 1. The lowest BCUT2D eigenvalue weighted by Crippen LogP contribution is -2.38. The van der Waals surface area contributed by atoms with Gasteiger partial charge >= 0.3 is 0 Å². The highest BCUT2D eigenvalue weighted by atomic mass is 32.2. The second-order valence-corrected chi connectivity index (χ2v) is 9.55. The van der Waals surface area contributed by atoms with Crippen molar-refractivity contribution in [1.29, 1.82) is 0 Å². The number of hydrogen-bond acceptors (Lipinski definition) is 4. The number of aliphatic imine (C=N–C) groups is 1. The fourth-order valence-electron chi connectivity index (χ4n) is 2.24. The quantitative estimate of drug-likeness (QED) is 0.719. The summed E-state index contributed by atoms with van der Waals surface area (Å²) in [6, 6.07) is -0.0884. The summed E-state index contributed by atoms with van der Waals surface area (Å²) in [5.41, 5.74) is -0.531. The number of amidine groups is 1. The summed E-state index contributed by atoms with van der Waals surface area (Å²) in [5.74, 6) is 0.122. The largest absolute Gasteiger partial charge is 0.342 e. The van der Waals surface area contributed by atoms with Crippen molar-refractivity contribution in [1.82, 2.24) is 4.90 Å². The molecule has 2 aliphatic heterocycles. The summed E-state index contributed by atoms with van der Waals surface area (Å²) in [6.45, 7) is 9.68. The Kier molecular flexibility index (Phi) is 4.03. The van der Waals surface area contributed by atoms with E-state index in [4.69, 9.17) is 0 Å². The van der Waals surface area contributed by atoms with Gasteiger partial charge in [-0.3, -0.25) is 4.79 Å². The summed E-state index contributed by atoms with van der Waals surface area (Å²) < 4.78 is 23.4. The summed E-state index contributed by atoms with van der Waals surface area (Å²) in [6.07, 6.45) is 1.71. The van der Waals surface area contributed by atoms with Crippen molar-refractivity contribution in [2.75, 3.05) is 18.1 Å². The van der Waals surface area contributed by atoms with E-state index in [0.717, 1.165) is 0 Å². The Hall–Kier alpha value is -0.820. The maximum absolute atomic E-state index is 12.0. The Morgan fingerprint density at radius 3 is 2.70 bits per heavy atom. The van der Waals surface area contributed by atoms with E-state index in [1.54, 1.807) is 6.08 Å². The molecule has 0 aliphatic carbocycles. The van der Waals surface area contributed by atoms with Crippen LogP contribution >= 0.6 is 11.8 Å². The molecule has 2 heterocycles. The maximum Gasteiger partial charge on any atom is 0.253 e. The first-order valence-corrected chi connectivity index (χ1v) is 9.22. The number of thioether (sulfide) groups is 1. The molecule has 0 N–H and O–H groups in total. The monoisotopic (exact) mass is 316 g/mol. The molecule has 2 rings (SSSR count). The molecule has 7 heteroatoms. The van der Waals surface area contributed by atoms with Crippen molar-refractivity contribution in [3.8, 4) is 0 Å². The highest BCUT2D eigenvalue weighted by Gasteiger charge is 2.48. The van der Waals surface area contributed by atoms with Gasteiger partial charge < -0.3 is 4.90 Å². The van der Waals surface area contributed by atoms with Crippen LogP contribution in [0.15, 0.2) is 17.6 Å². The third-order valence-electron chi connectivity index (χ3n) is 3.34. The van der Waals surface area contributed by atoms with Gasteiger partial charge in [0.1, 0.15) is 0 Å². The van der Waals surface area contributed by atoms with Gasteiger partial charge in [0.15, 0.2) is 15.0 Å². The first-order valence-electron chi connectivity index (χ1n) is 6.52. The second-order valence-electron chi connectivity index (χ2n) is 6.19. The molecule has 0 radical (unpaired) electrons. The first kappa shape index (κ1) is 15.6. The van der Waals surface area contributed by atoms with E-state index in [1.807, 2.05) is 25.7 Å². The van der Waals surface area contributed by atoms with Crippen molar-refractivity contribution in [2.45, 2.75) is 32.1 Å². The minimum Gasteiger partial charge on any atom is -0.342 e. The van der Waals surface area contributed by atoms with Crippen LogP contribution in [-0.4, -0.2) is 53.7 Å². The predicted octanol–water partition coefficient (Wildman–Crippen LogP) is 1.32. The van der Waals surface area contributed by atoms with E-state index in [9.17, 15) is 13.2 Å². The molecule has 2 atom stereocenters. The molecule has 2 saturated heterocycles. The predicted molar refractivity (Wildman–Crippen MR) is 82.6 cm³/mol. The van der Waals surface area contributed by atoms with E-state index < -0.39 is 15.3 Å². The van der Waals surface area contributed by atoms with Crippen LogP contribution in [0.25, 0.3) is 0 Å². The molecule has 0 spiro atoms. The van der Waals surface area contributed by atoms with Crippen LogP contribution in [0.5, 0.6) is 0 Å². The SMILES string of the molecule is C=CCN1C(=NC(=O)C(C)(C)C)SC2CS(=O)(=O)CC21. The molecule has 0 aromatic heterocycles. The van der Waals surface area contributed by atoms with Crippen LogP contribution in [0.3, 0.4) is 0 Å². The van der Waals surface area contributed by atoms with Crippen molar-refractivity contribution in [2.24, 2.45) is 10.4 Å². The van der Waals surface area contributed by atoms with Gasteiger partial charge in [-0.15, -0.1) is 6.58 Å². The number of sulfone groups is 1. The molecule has 20 heavy (non-hydrogen) atoms. The van der Waals surface area contributed by atoms with Gasteiger partial charge in [-0.25, -0.2) is 8.42 Å². The number of rotatable bonds is 2. The number of nitrogens with zero attached hydrogens (tertiary/aromatic N) is 2. The van der Waals surface area contributed by atoms with Gasteiger partial charge in [0.2, 0.25) is 0 Å². The smallest absolute Gasteiger partial charge is 0.253 e. The van der Waals surface area contributed by atoms with Crippen molar-refractivity contribution >= 4 is 32.7 Å². The summed E-state index contributed by atoms with van der Waals surface area (Å²) in [7, 11) is -2.97. The van der Waals surface area contributed by atoms with Crippen LogP contribution in [-0.2, 0) is 14.6 Å². The lowest BCUT2D eigenvalue weighted by atomic mass is 9.96. The van der Waals surface area contributed by atoms with Crippen LogP contribution in [0.1, 0.15) is 20.8 Å². The normalized spacial score (nSPS) is 30.6. The molecule has 0 aromatic carbocycles. The highest BCUT2D eigenvalue weighted by Crippen LogP contribution is 2.38. The standard InChI is InChI=1S/C13H20N2O3S2/c1-5-6-15-9-7-20(17,18)8-10(9)19-12(15)14-11(16)13(2,3)4/h5,9-10H,1,6-8H2,2-4H3. The number of fused-ring (bicyclic) bond motifs is 1. The van der Waals surface area contributed by atoms with E-state index in [1.165, 1.54) is 11.8 Å². The zero-order valence-electron chi connectivity index (χ0n) is 12.0. The average molecular weight is 316 g/mol. The number of amides is 1. The topological polar surface area (TPSA) is 66.8 Å². The molecule has 2 aliphatic rings. The Morgan fingerprint density at radius 2 is 2.15 bits per heavy atom. The molecule has 0 saturated carbocycles. The van der Waals surface area contributed by atoms with Gasteiger partial charge in [0.05, 0.1) is 17.5 Å². The first-order chi connectivity index (χ1) is 9.14. The molecule has 5 nitrogen and oxygen atoms in total. The van der Waals surface area contributed by atoms with Gasteiger partial charge in [-0.05, 0) is 0 Å². The Labute approximate surface area is 124 Å². The van der Waals surface area contributed by atoms with Gasteiger partial charge in [-0.2, -0.15) is 4.99 Å². The summed E-state index contributed by atoms with van der Waals surface area (Å²) >= 11 is 1.40. The zero-order valence-corrected chi connectivity index (χ0v) is 13.6. The average Bonchev–Trinajstić information content (AvgIpc) is 2.72. The van der Waals surface area contributed by atoms with Crippen LogP contribution < -0.4 is 0 Å². The fraction of sp³-hybridized carbons (Fsp3) is 0.692. The molecule has 0 aromatic rings. The minimum absolute atomic E-state index is 0.0218. The van der Waals surface area contributed by atoms with Crippen LogP contribution in [0.4, 0.5) is 0 Å². The second kappa shape index (κ2) is 5.18. The van der Waals surface area contributed by atoms with Crippen molar-refractivity contribution in [3.05, 3.63) is 12.7 Å². The van der Waals surface area contributed by atoms with Crippen molar-refractivity contribution < 1.29 is 13.2 Å². The summed E-state index contributed by atoms with van der Waals surface area (Å²) in [5, 5.41) is 0.612. The number of hydrogen-bond donors (Lipinski definition) is 0. The lowest BCUT2D eigenvalue weighted by Gasteiger charge is -2.23. The Morgan fingerprint density at radius 1 is 1.50 bits per heavy atom. The highest BCUT2D eigenvalue weighted by molar-refractivity contribution is 8.15. The third-order valence-corrected chi connectivity index (χ3v) is 6.59. The van der Waals surface area contributed by atoms with Crippen LogP contribution in [0.2, 0.25) is 0 Å². The minimum atomic E-state index is -2.97. The molecule has 0 bridgehead atoms. The van der Waals surface area contributed by atoms with E-state index in [-0.39, 0.29) is 28.7 Å². The molecular formula is C13H20N2O3S2. The van der Waals surface area contributed by atoms with Gasteiger partial charge in [0.25, 0.3) is 5.91 Å². The zero-order chi connectivity index (χ0) is 15.1. The molecular weight excluding hydrogens is 296 g/mol. The van der Waals surface area contributed by atoms with E-state index in [2.05, 4.69) is 11.6 Å². The summed E-state index contributed by atoms with van der Waals surface area (Å²) in [4.78, 5) is 18.1. The third kappa shape index (κ3) is 3.09. The molecule has 112 valence electrons.